The number of hydrogen-bond acceptors (Lipinski definition) is 4. The molecule has 0 fully saturated rings. The Morgan fingerprint density at radius 3 is 2.62 bits per heavy atom. The van der Waals surface area contributed by atoms with Gasteiger partial charge >= 0.3 is 0 Å². The molecular weight excluding hydrogens is 326 g/mol. The van der Waals surface area contributed by atoms with Gasteiger partial charge in [0.05, 0.1) is 17.1 Å². The lowest BCUT2D eigenvalue weighted by molar-refractivity contribution is 0.101. The first-order chi connectivity index (χ1) is 11.3. The van der Waals surface area contributed by atoms with Crippen molar-refractivity contribution in [2.75, 3.05) is 17.5 Å². The summed E-state index contributed by atoms with van der Waals surface area (Å²) in [5.41, 5.74) is 2.81. The van der Waals surface area contributed by atoms with Crippen molar-refractivity contribution in [1.29, 1.82) is 0 Å². The molecule has 126 valence electrons. The molecule has 2 aromatic rings. The van der Waals surface area contributed by atoms with Crippen molar-refractivity contribution < 1.29 is 17.9 Å². The normalized spacial score (nSPS) is 14.0. The second kappa shape index (κ2) is 5.94. The Hall–Kier alpha value is -2.34. The maximum Gasteiger partial charge on any atom is 0.264 e. The molecule has 3 rings (SSSR count). The molecule has 24 heavy (non-hydrogen) atoms. The fourth-order valence-electron chi connectivity index (χ4n) is 2.94. The van der Waals surface area contributed by atoms with Gasteiger partial charge in [-0.2, -0.15) is 0 Å². The monoisotopic (exact) mass is 345 g/mol. The number of carbonyl (C=O) groups is 1. The highest BCUT2D eigenvalue weighted by Gasteiger charge is 2.31. The molecule has 5 nitrogen and oxygen atoms in total. The molecule has 1 heterocycles. The van der Waals surface area contributed by atoms with Crippen LogP contribution in [0, 0.1) is 13.8 Å². The van der Waals surface area contributed by atoms with E-state index in [2.05, 4.69) is 0 Å². The minimum atomic E-state index is -3.77. The lowest BCUT2D eigenvalue weighted by Gasteiger charge is -2.32. The first-order valence-electron chi connectivity index (χ1n) is 7.68. The SMILES string of the molecule is CC(=O)c1cccc(S(=O)(=O)N2CCOc3cc(C)cc(C)c32)c1. The van der Waals surface area contributed by atoms with Crippen molar-refractivity contribution in [1.82, 2.24) is 0 Å². The van der Waals surface area contributed by atoms with Crippen LogP contribution in [-0.4, -0.2) is 27.4 Å². The van der Waals surface area contributed by atoms with Crippen LogP contribution >= 0.6 is 0 Å². The number of hydrogen-bond donors (Lipinski definition) is 0. The molecule has 2 aromatic carbocycles. The number of benzene rings is 2. The van der Waals surface area contributed by atoms with Crippen molar-refractivity contribution in [2.24, 2.45) is 0 Å². The summed E-state index contributed by atoms with van der Waals surface area (Å²) in [6, 6.07) is 9.92. The summed E-state index contributed by atoms with van der Waals surface area (Å²) in [6.45, 7) is 5.77. The molecule has 0 amide bonds. The van der Waals surface area contributed by atoms with Gasteiger partial charge in [-0.15, -0.1) is 0 Å². The first kappa shape index (κ1) is 16.5. The van der Waals surface area contributed by atoms with Crippen molar-refractivity contribution in [3.05, 3.63) is 53.1 Å². The summed E-state index contributed by atoms with van der Waals surface area (Å²) in [6.07, 6.45) is 0. The van der Waals surface area contributed by atoms with E-state index in [0.29, 0.717) is 23.6 Å². The largest absolute Gasteiger partial charge is 0.489 e. The fraction of sp³-hybridized carbons (Fsp3) is 0.278. The fourth-order valence-corrected chi connectivity index (χ4v) is 4.51. The number of aryl methyl sites for hydroxylation is 2. The van der Waals surface area contributed by atoms with Crippen LogP contribution in [0.2, 0.25) is 0 Å². The second-order valence-electron chi connectivity index (χ2n) is 5.94. The van der Waals surface area contributed by atoms with E-state index in [1.165, 1.54) is 23.4 Å². The number of sulfonamides is 1. The molecule has 1 aliphatic rings. The summed E-state index contributed by atoms with van der Waals surface area (Å²) in [7, 11) is -3.77. The van der Waals surface area contributed by atoms with Gasteiger partial charge in [-0.05, 0) is 50.1 Å². The Bertz CT molecular complexity index is 919. The highest BCUT2D eigenvalue weighted by Crippen LogP contribution is 2.39. The Balaban J connectivity index is 2.13. The molecule has 0 aromatic heterocycles. The lowest BCUT2D eigenvalue weighted by Crippen LogP contribution is -2.38. The summed E-state index contributed by atoms with van der Waals surface area (Å²) < 4.78 is 33.3. The molecule has 1 aliphatic heterocycles. The zero-order valence-electron chi connectivity index (χ0n) is 13.9. The maximum absolute atomic E-state index is 13.1. The first-order valence-corrected chi connectivity index (χ1v) is 9.12. The highest BCUT2D eigenvalue weighted by atomic mass is 32.2. The predicted octanol–water partition coefficient (Wildman–Crippen LogP) is 3.09. The summed E-state index contributed by atoms with van der Waals surface area (Å²) >= 11 is 0. The van der Waals surface area contributed by atoms with Crippen molar-refractivity contribution in [3.63, 3.8) is 0 Å². The van der Waals surface area contributed by atoms with Gasteiger partial charge in [-0.25, -0.2) is 8.42 Å². The van der Waals surface area contributed by atoms with E-state index in [1.54, 1.807) is 12.1 Å². The third kappa shape index (κ3) is 2.78. The molecule has 0 bridgehead atoms. The topological polar surface area (TPSA) is 63.7 Å². The van der Waals surface area contributed by atoms with Crippen molar-refractivity contribution in [3.8, 4) is 5.75 Å². The number of ether oxygens (including phenoxy) is 1. The Kier molecular flexibility index (Phi) is 4.09. The van der Waals surface area contributed by atoms with Gasteiger partial charge in [-0.1, -0.05) is 18.2 Å². The van der Waals surface area contributed by atoms with E-state index < -0.39 is 10.0 Å². The molecule has 0 radical (unpaired) electrons. The quantitative estimate of drug-likeness (QED) is 0.802. The Labute approximate surface area is 141 Å². The van der Waals surface area contributed by atoms with Gasteiger partial charge in [0.1, 0.15) is 12.4 Å². The molecule has 0 saturated heterocycles. The summed E-state index contributed by atoms with van der Waals surface area (Å²) in [5, 5.41) is 0. The van der Waals surface area contributed by atoms with Crippen molar-refractivity contribution in [2.45, 2.75) is 25.7 Å². The zero-order chi connectivity index (χ0) is 17.5. The molecule has 0 unspecified atom stereocenters. The van der Waals surface area contributed by atoms with E-state index in [9.17, 15) is 13.2 Å². The molecular formula is C18H19NO4S. The third-order valence-corrected chi connectivity index (χ3v) is 5.83. The number of Topliss-reactive ketones (excluding diaryl/α,β-unsaturated/α-hetero) is 1. The number of anilines is 1. The number of fused-ring (bicyclic) bond motifs is 1. The maximum atomic E-state index is 13.1. The van der Waals surface area contributed by atoms with Gasteiger partial charge in [-0.3, -0.25) is 9.10 Å². The number of carbonyl (C=O) groups excluding carboxylic acids is 1. The zero-order valence-corrected chi connectivity index (χ0v) is 14.7. The molecule has 0 N–H and O–H groups in total. The minimum Gasteiger partial charge on any atom is -0.489 e. The molecule has 0 atom stereocenters. The molecule has 6 heteroatoms. The number of ketones is 1. The van der Waals surface area contributed by atoms with Crippen LogP contribution < -0.4 is 9.04 Å². The van der Waals surface area contributed by atoms with Crippen LogP contribution in [0.15, 0.2) is 41.3 Å². The van der Waals surface area contributed by atoms with E-state index in [-0.39, 0.29) is 17.2 Å². The average Bonchev–Trinajstić information content (AvgIpc) is 2.54. The molecule has 0 saturated carbocycles. The van der Waals surface area contributed by atoms with Crippen LogP contribution in [-0.2, 0) is 10.0 Å². The number of nitrogens with zero attached hydrogens (tertiary/aromatic N) is 1. The van der Waals surface area contributed by atoms with Gasteiger partial charge < -0.3 is 4.74 Å². The van der Waals surface area contributed by atoms with Crippen LogP contribution in [0.5, 0.6) is 5.75 Å². The minimum absolute atomic E-state index is 0.114. The standard InChI is InChI=1S/C18H19NO4S/c1-12-9-13(2)18-17(10-12)23-8-7-19(18)24(21,22)16-6-4-5-15(11-16)14(3)20/h4-6,9-11H,7-8H2,1-3H3. The second-order valence-corrected chi connectivity index (χ2v) is 7.80. The van der Waals surface area contributed by atoms with E-state index in [1.807, 2.05) is 26.0 Å². The molecule has 0 aliphatic carbocycles. The highest BCUT2D eigenvalue weighted by molar-refractivity contribution is 7.92. The van der Waals surface area contributed by atoms with Gasteiger partial charge in [0, 0.05) is 5.56 Å². The van der Waals surface area contributed by atoms with E-state index in [0.717, 1.165) is 11.1 Å². The van der Waals surface area contributed by atoms with E-state index in [4.69, 9.17) is 4.74 Å². The van der Waals surface area contributed by atoms with Crippen LogP contribution in [0.4, 0.5) is 5.69 Å². The van der Waals surface area contributed by atoms with E-state index >= 15 is 0 Å². The van der Waals surface area contributed by atoms with Gasteiger partial charge in [0.2, 0.25) is 0 Å². The number of rotatable bonds is 3. The lowest BCUT2D eigenvalue weighted by atomic mass is 10.1. The third-order valence-electron chi connectivity index (χ3n) is 4.04. The predicted molar refractivity (Wildman–Crippen MR) is 92.4 cm³/mol. The summed E-state index contributed by atoms with van der Waals surface area (Å²) in [4.78, 5) is 11.7. The van der Waals surface area contributed by atoms with Crippen molar-refractivity contribution >= 4 is 21.5 Å². The van der Waals surface area contributed by atoms with Gasteiger partial charge in [0.15, 0.2) is 5.78 Å². The van der Waals surface area contributed by atoms with Crippen LogP contribution in [0.25, 0.3) is 0 Å². The summed E-state index contributed by atoms with van der Waals surface area (Å²) in [5.74, 6) is 0.409. The average molecular weight is 345 g/mol. The van der Waals surface area contributed by atoms with Crippen LogP contribution in [0.3, 0.4) is 0 Å². The van der Waals surface area contributed by atoms with Crippen LogP contribution in [0.1, 0.15) is 28.4 Å². The smallest absolute Gasteiger partial charge is 0.264 e. The van der Waals surface area contributed by atoms with Gasteiger partial charge in [0.25, 0.3) is 10.0 Å². The molecule has 0 spiro atoms. The Morgan fingerprint density at radius 2 is 1.92 bits per heavy atom. The Morgan fingerprint density at radius 1 is 1.17 bits per heavy atom.